The zero-order valence-electron chi connectivity index (χ0n) is 32.1. The Kier molecular flexibility index (Phi) is 11.1. The van der Waals surface area contributed by atoms with E-state index < -0.39 is 22.0 Å². The number of sulfonamides is 1. The fraction of sp³-hybridized carbons (Fsp3) is 0.222. The summed E-state index contributed by atoms with van der Waals surface area (Å²) < 4.78 is 49.2. The zero-order valence-corrected chi connectivity index (χ0v) is 32.9. The monoisotopic (exact) mass is 815 g/mol. The third kappa shape index (κ3) is 9.25. The number of nitrogens with zero attached hydrogens (tertiary/aromatic N) is 4. The number of amides is 1. The van der Waals surface area contributed by atoms with E-state index in [0.29, 0.717) is 55.5 Å². The van der Waals surface area contributed by atoms with E-state index in [9.17, 15) is 27.1 Å². The fourth-order valence-corrected chi connectivity index (χ4v) is 8.54. The van der Waals surface area contributed by atoms with Gasteiger partial charge in [-0.3, -0.25) is 4.79 Å². The van der Waals surface area contributed by atoms with E-state index in [0.717, 1.165) is 45.9 Å². The first-order valence-corrected chi connectivity index (χ1v) is 21.0. The highest BCUT2D eigenvalue weighted by molar-refractivity contribution is 7.89. The van der Waals surface area contributed by atoms with E-state index in [1.54, 1.807) is 35.3 Å². The van der Waals surface area contributed by atoms with Crippen molar-refractivity contribution in [2.75, 3.05) is 24.5 Å². The molecule has 8 bridgehead atoms. The second-order valence-electron chi connectivity index (χ2n) is 15.0. The molecule has 302 valence electrons. The van der Waals surface area contributed by atoms with E-state index in [1.165, 1.54) is 5.56 Å². The Bertz CT molecular complexity index is 2750. The number of fused-ring (bicyclic) bond motifs is 9. The normalized spacial score (nSPS) is 15.5. The number of carbonyl (C=O) groups excluding carboxylic acids is 1. The molecule has 5 aromatic rings. The number of para-hydroxylation sites is 1. The van der Waals surface area contributed by atoms with Crippen LogP contribution in [0.5, 0.6) is 0 Å². The van der Waals surface area contributed by atoms with Crippen LogP contribution in [0.15, 0.2) is 102 Å². The van der Waals surface area contributed by atoms with Crippen LogP contribution in [0.1, 0.15) is 70.8 Å². The largest absolute Gasteiger partial charge is 0.390 e. The van der Waals surface area contributed by atoms with Crippen LogP contribution in [0.4, 0.5) is 20.2 Å². The van der Waals surface area contributed by atoms with Crippen LogP contribution >= 0.6 is 0 Å². The number of likely N-dealkylation sites (tertiary alicyclic amines) is 1. The molecule has 0 unspecified atom stereocenters. The first kappa shape index (κ1) is 39.6. The molecule has 14 heteroatoms. The topological polar surface area (TPSA) is 161 Å². The lowest BCUT2D eigenvalue weighted by atomic mass is 9.86. The molecular weight excluding hydrogens is 773 g/mol. The number of primary sulfonamides is 1. The smallest absolute Gasteiger partial charge is 0.253 e. The standard InChI is InChI=1S/C25H28F2N2O2.C20H15N5O2S/c26-23(27)8-3-13-25(31)14-17-28(18-15-25)24(30)20-9-11-21(12-10-20)29-16-4-6-19-5-1-2-7-22(19)29;21-28(26,27)20-18-7-5-16(24-18)10-14-3-1-12(22-14)9-13-2-4-15(23-13)11-17-6-8-19(20)25-17/h1-2,4-7,9-12,23,31H,3,8,13-18H2;1-11,22,24H,(H2,21,26,27). The highest BCUT2D eigenvalue weighted by Gasteiger charge is 2.34. The quantitative estimate of drug-likeness (QED) is 0.125. The number of hydrogen-bond donors (Lipinski definition) is 4. The fourth-order valence-electron chi connectivity index (χ4n) is 7.71. The van der Waals surface area contributed by atoms with Crippen molar-refractivity contribution in [2.45, 2.75) is 49.0 Å². The van der Waals surface area contributed by atoms with Gasteiger partial charge in [-0.15, -0.1) is 0 Å². The summed E-state index contributed by atoms with van der Waals surface area (Å²) >= 11 is 0. The predicted molar refractivity (Wildman–Crippen MR) is 229 cm³/mol. The summed E-state index contributed by atoms with van der Waals surface area (Å²) in [4.78, 5) is 32.2. The van der Waals surface area contributed by atoms with Gasteiger partial charge < -0.3 is 24.9 Å². The minimum atomic E-state index is -4.00. The van der Waals surface area contributed by atoms with Crippen LogP contribution in [-0.2, 0) is 10.0 Å². The minimum absolute atomic E-state index is 0.0458. The van der Waals surface area contributed by atoms with Gasteiger partial charge in [0.1, 0.15) is 4.90 Å². The van der Waals surface area contributed by atoms with E-state index in [4.69, 9.17) is 5.14 Å². The molecule has 1 amide bonds. The Morgan fingerprint density at radius 3 is 2.22 bits per heavy atom. The number of anilines is 2. The summed E-state index contributed by atoms with van der Waals surface area (Å²) in [6.45, 7) is 1.66. The van der Waals surface area contributed by atoms with Crippen molar-refractivity contribution in [1.82, 2.24) is 24.8 Å². The summed E-state index contributed by atoms with van der Waals surface area (Å²) in [5.74, 6) is -0.0554. The summed E-state index contributed by atoms with van der Waals surface area (Å²) in [5.41, 5.74) is 8.38. The maximum Gasteiger partial charge on any atom is 0.253 e. The number of H-pyrrole nitrogens is 2. The Balaban J connectivity index is 0.000000165. The van der Waals surface area contributed by atoms with Crippen LogP contribution in [0.2, 0.25) is 0 Å². The van der Waals surface area contributed by atoms with Gasteiger partial charge in [-0.2, -0.15) is 0 Å². The molecule has 59 heavy (non-hydrogen) atoms. The maximum atomic E-state index is 12.9. The molecule has 0 atom stereocenters. The van der Waals surface area contributed by atoms with Gasteiger partial charge in [-0.1, -0.05) is 30.4 Å². The number of halogens is 2. The number of nitrogens with one attached hydrogen (secondary N) is 2. The van der Waals surface area contributed by atoms with Crippen molar-refractivity contribution in [3.8, 4) is 0 Å². The third-order valence-corrected chi connectivity index (χ3v) is 11.7. The van der Waals surface area contributed by atoms with Crippen LogP contribution in [0, 0.1) is 0 Å². The number of aliphatic hydroxyl groups is 1. The molecule has 1 saturated heterocycles. The summed E-state index contributed by atoms with van der Waals surface area (Å²) in [6.07, 6.45) is 10.4. The number of aromatic amines is 2. The number of rotatable bonds is 7. The average molecular weight is 816 g/mol. The highest BCUT2D eigenvalue weighted by atomic mass is 32.2. The van der Waals surface area contributed by atoms with Crippen LogP contribution in [0.3, 0.4) is 0 Å². The number of piperidine rings is 1. The van der Waals surface area contributed by atoms with Gasteiger partial charge >= 0.3 is 0 Å². The Morgan fingerprint density at radius 1 is 0.814 bits per heavy atom. The molecule has 0 radical (unpaired) electrons. The molecule has 3 aromatic heterocycles. The molecule has 0 spiro atoms. The minimum Gasteiger partial charge on any atom is -0.390 e. The van der Waals surface area contributed by atoms with Gasteiger partial charge in [0.15, 0.2) is 0 Å². The molecule has 0 aliphatic carbocycles. The molecule has 7 heterocycles. The van der Waals surface area contributed by atoms with E-state index >= 15 is 0 Å². The Hall–Kier alpha value is -6.22. The lowest BCUT2D eigenvalue weighted by Gasteiger charge is -2.38. The van der Waals surface area contributed by atoms with E-state index in [2.05, 4.69) is 49.1 Å². The van der Waals surface area contributed by atoms with Crippen LogP contribution < -0.4 is 10.0 Å². The van der Waals surface area contributed by atoms with Crippen LogP contribution in [0.25, 0.3) is 52.4 Å². The number of hydrogen-bond acceptors (Lipinski definition) is 7. The van der Waals surface area contributed by atoms with Gasteiger partial charge in [0.2, 0.25) is 16.4 Å². The first-order chi connectivity index (χ1) is 28.4. The van der Waals surface area contributed by atoms with Gasteiger partial charge in [0.25, 0.3) is 5.91 Å². The molecule has 5 N–H and O–H groups in total. The first-order valence-electron chi connectivity index (χ1n) is 19.4. The predicted octanol–water partition coefficient (Wildman–Crippen LogP) is 8.56. The van der Waals surface area contributed by atoms with Gasteiger partial charge in [0, 0.05) is 59.5 Å². The van der Waals surface area contributed by atoms with Crippen molar-refractivity contribution < 1.29 is 27.1 Å². The summed E-state index contributed by atoms with van der Waals surface area (Å²) in [6, 6.07) is 28.9. The van der Waals surface area contributed by atoms with E-state index in [-0.39, 0.29) is 22.9 Å². The Morgan fingerprint density at radius 2 is 1.47 bits per heavy atom. The maximum absolute atomic E-state index is 12.9. The summed E-state index contributed by atoms with van der Waals surface area (Å²) in [7, 11) is -4.00. The number of alkyl halides is 2. The lowest BCUT2D eigenvalue weighted by Crippen LogP contribution is -2.46. The highest BCUT2D eigenvalue weighted by Crippen LogP contribution is 2.33. The second kappa shape index (κ2) is 16.6. The van der Waals surface area contributed by atoms with Crippen molar-refractivity contribution in [3.05, 3.63) is 131 Å². The zero-order chi connectivity index (χ0) is 41.1. The van der Waals surface area contributed by atoms with Gasteiger partial charge in [-0.25, -0.2) is 32.3 Å². The number of benzene rings is 2. The van der Waals surface area contributed by atoms with Crippen LogP contribution in [-0.4, -0.2) is 75.9 Å². The van der Waals surface area contributed by atoms with E-state index in [1.807, 2.05) is 72.8 Å². The second-order valence-corrected chi connectivity index (χ2v) is 16.5. The molecule has 9 rings (SSSR count). The summed E-state index contributed by atoms with van der Waals surface area (Å²) in [5, 5.41) is 16.1. The number of aromatic nitrogens is 4. The molecule has 1 fully saturated rings. The van der Waals surface area contributed by atoms with Gasteiger partial charge in [-0.05, 0) is 128 Å². The van der Waals surface area contributed by atoms with Crippen molar-refractivity contribution in [1.29, 1.82) is 0 Å². The molecule has 11 nitrogen and oxygen atoms in total. The van der Waals surface area contributed by atoms with Gasteiger partial charge in [0.05, 0.1) is 33.9 Å². The van der Waals surface area contributed by atoms with Crippen molar-refractivity contribution in [2.24, 2.45) is 5.14 Å². The van der Waals surface area contributed by atoms with Crippen molar-refractivity contribution in [3.63, 3.8) is 0 Å². The molecule has 0 saturated carbocycles. The van der Waals surface area contributed by atoms with Crippen molar-refractivity contribution >= 4 is 79.8 Å². The lowest BCUT2D eigenvalue weighted by molar-refractivity contribution is -0.0269. The average Bonchev–Trinajstić information content (AvgIpc) is 4.05. The SMILES string of the molecule is NS(=O)(=O)c1c2nc(cc3nc(cc4ccc(cc5ccc1[nH]5)[nH]4)C=C3)C=C2.O=C(c1ccc(N2CC=Cc3ccccc32)cc1)N1CCC(O)(CCCC(F)F)CC1. The number of carbonyl (C=O) groups is 1. The number of nitrogens with two attached hydrogens (primary N) is 1. The molecule has 4 aliphatic rings. The molecule has 4 aliphatic heterocycles. The Labute approximate surface area is 340 Å². The molecular formula is C45H43F2N7O4S. The third-order valence-electron chi connectivity index (χ3n) is 10.7. The molecule has 2 aromatic carbocycles.